The molecule has 3 atom stereocenters. The van der Waals surface area contributed by atoms with Gasteiger partial charge in [0.2, 0.25) is 5.91 Å². The summed E-state index contributed by atoms with van der Waals surface area (Å²) in [4.78, 5) is 60.7. The minimum absolute atomic E-state index is 0.00694. The maximum absolute atomic E-state index is 14.2. The maximum atomic E-state index is 14.2. The number of amides is 1. The summed E-state index contributed by atoms with van der Waals surface area (Å²) in [5.41, 5.74) is 4.15. The summed E-state index contributed by atoms with van der Waals surface area (Å²) < 4.78 is 2.29. The number of hydrogen-bond acceptors (Lipinski definition) is 8. The first-order valence-electron chi connectivity index (χ1n) is 16.4. The van der Waals surface area contributed by atoms with E-state index < -0.39 is 6.04 Å². The predicted octanol–water partition coefficient (Wildman–Crippen LogP) is 6.02. The molecule has 11 heteroatoms. The summed E-state index contributed by atoms with van der Waals surface area (Å²) in [7, 11) is 0. The van der Waals surface area contributed by atoms with Crippen molar-refractivity contribution < 1.29 is 14.4 Å². The first-order chi connectivity index (χ1) is 22.2. The van der Waals surface area contributed by atoms with Gasteiger partial charge < -0.3 is 4.90 Å². The summed E-state index contributed by atoms with van der Waals surface area (Å²) in [6.07, 6.45) is 15.9. The molecule has 10 nitrogen and oxygen atoms in total. The van der Waals surface area contributed by atoms with Crippen LogP contribution in [0.25, 0.3) is 22.2 Å². The van der Waals surface area contributed by atoms with Crippen LogP contribution in [-0.2, 0) is 29.0 Å². The highest BCUT2D eigenvalue weighted by molar-refractivity contribution is 9.10. The van der Waals surface area contributed by atoms with Crippen LogP contribution >= 0.6 is 15.9 Å². The third kappa shape index (κ3) is 5.89. The summed E-state index contributed by atoms with van der Waals surface area (Å²) >= 11 is 3.50. The van der Waals surface area contributed by atoms with Crippen molar-refractivity contribution in [3.05, 3.63) is 64.2 Å². The van der Waals surface area contributed by atoms with Crippen LogP contribution in [0, 0.1) is 12.3 Å². The number of ketones is 2. The molecule has 1 saturated carbocycles. The predicted molar refractivity (Wildman–Crippen MR) is 176 cm³/mol. The summed E-state index contributed by atoms with van der Waals surface area (Å²) in [6.45, 7) is 3.21. The Bertz CT molecular complexity index is 1840. The molecule has 7 rings (SSSR count). The number of piperidine rings is 1. The zero-order valence-corrected chi connectivity index (χ0v) is 27.9. The zero-order valence-electron chi connectivity index (χ0n) is 26.3. The quantitative estimate of drug-likeness (QED) is 0.189. The van der Waals surface area contributed by atoms with E-state index in [0.29, 0.717) is 33.4 Å². The van der Waals surface area contributed by atoms with Crippen LogP contribution < -0.4 is 0 Å². The monoisotopic (exact) mass is 683 g/mol. The Balaban J connectivity index is 1.19. The van der Waals surface area contributed by atoms with Gasteiger partial charge in [0.05, 0.1) is 35.6 Å². The molecular formula is C35H38BrN7O3. The molecule has 3 aliphatic rings. The molecular weight excluding hydrogens is 646 g/mol. The lowest BCUT2D eigenvalue weighted by molar-refractivity contribution is -0.139. The Morgan fingerprint density at radius 1 is 1.00 bits per heavy atom. The fourth-order valence-electron chi connectivity index (χ4n) is 7.64. The highest BCUT2D eigenvalue weighted by Crippen LogP contribution is 2.62. The van der Waals surface area contributed by atoms with E-state index in [1.807, 2.05) is 17.9 Å². The number of halogens is 1. The smallest absolute Gasteiger partial charge is 0.245 e. The second-order valence-electron chi connectivity index (χ2n) is 13.3. The van der Waals surface area contributed by atoms with Gasteiger partial charge in [-0.2, -0.15) is 5.10 Å². The molecule has 1 amide bonds. The summed E-state index contributed by atoms with van der Waals surface area (Å²) in [5, 5.41) is 5.22. The van der Waals surface area contributed by atoms with E-state index in [-0.39, 0.29) is 47.6 Å². The maximum Gasteiger partial charge on any atom is 0.245 e. The number of likely N-dealkylation sites (tertiary alicyclic amines) is 1. The fraction of sp³-hybridized carbons (Fsp3) is 0.486. The molecule has 1 spiro atoms. The lowest BCUT2D eigenvalue weighted by atomic mass is 9.90. The topological polar surface area (TPSA) is 124 Å². The largest absolute Gasteiger partial charge is 0.327 e. The Labute approximate surface area is 276 Å². The number of fused-ring (bicyclic) bond motifs is 3. The Hall–Kier alpha value is -3.86. The highest BCUT2D eigenvalue weighted by Gasteiger charge is 2.66. The molecule has 0 N–H and O–H groups in total. The molecule has 1 saturated heterocycles. The van der Waals surface area contributed by atoms with E-state index in [2.05, 4.69) is 42.0 Å². The van der Waals surface area contributed by atoms with Gasteiger partial charge in [-0.05, 0) is 78.1 Å². The van der Waals surface area contributed by atoms with Crippen molar-refractivity contribution in [2.45, 2.75) is 103 Å². The van der Waals surface area contributed by atoms with Gasteiger partial charge in [0, 0.05) is 36.3 Å². The van der Waals surface area contributed by atoms with Crippen molar-refractivity contribution in [1.29, 1.82) is 0 Å². The van der Waals surface area contributed by atoms with Gasteiger partial charge in [-0.25, -0.2) is 15.0 Å². The van der Waals surface area contributed by atoms with E-state index in [0.717, 1.165) is 48.9 Å². The lowest BCUT2D eigenvalue weighted by Crippen LogP contribution is -2.45. The fourth-order valence-corrected chi connectivity index (χ4v) is 7.98. The van der Waals surface area contributed by atoms with Crippen LogP contribution in [0.5, 0.6) is 0 Å². The van der Waals surface area contributed by atoms with Crippen LogP contribution in [0.4, 0.5) is 0 Å². The van der Waals surface area contributed by atoms with Gasteiger partial charge >= 0.3 is 0 Å². The van der Waals surface area contributed by atoms with Gasteiger partial charge in [0.25, 0.3) is 0 Å². The third-order valence-electron chi connectivity index (χ3n) is 10.2. The molecule has 2 fully saturated rings. The first-order valence-corrected chi connectivity index (χ1v) is 17.2. The molecule has 0 aromatic carbocycles. The number of rotatable bonds is 4. The number of aromatic nitrogens is 6. The molecule has 46 heavy (non-hydrogen) atoms. The van der Waals surface area contributed by atoms with Gasteiger partial charge in [0.1, 0.15) is 22.7 Å². The lowest BCUT2D eigenvalue weighted by Gasteiger charge is -2.27. The van der Waals surface area contributed by atoms with Crippen molar-refractivity contribution in [2.24, 2.45) is 5.41 Å². The summed E-state index contributed by atoms with van der Waals surface area (Å²) in [5.74, 6) is 0.348. The minimum Gasteiger partial charge on any atom is -0.327 e. The number of pyridine rings is 2. The molecule has 2 bridgehead atoms. The number of nitrogens with zero attached hydrogens (tertiary/aromatic N) is 7. The molecule has 4 aromatic heterocycles. The number of carbonyl (C=O) groups is 3. The van der Waals surface area contributed by atoms with E-state index in [1.165, 1.54) is 32.6 Å². The normalized spacial score (nSPS) is 23.4. The Kier molecular flexibility index (Phi) is 8.29. The minimum atomic E-state index is -0.495. The van der Waals surface area contributed by atoms with E-state index >= 15 is 0 Å². The standard InChI is InChI=1S/C35H38BrN7O3/c1-21(44)34-25-13-26(24-17-37-22(2)38-18-24)39-19-29(25)42(41-34)20-33(46)43-28-15-35(16-31(35)43)12-8-6-4-3-5-7-9-23-10-11-32(36)40-27(23)14-30(28)45/h10-11,13,17-19,28,31H,3-9,12,14-16,20H2,1-2H3/t28-,31+,35-/m0/s1. The third-order valence-corrected chi connectivity index (χ3v) is 10.6. The molecule has 4 aromatic rings. The Morgan fingerprint density at radius 2 is 1.76 bits per heavy atom. The number of carbonyl (C=O) groups excluding carboxylic acids is 3. The number of aryl methyl sites for hydroxylation is 2. The van der Waals surface area contributed by atoms with Gasteiger partial charge in [-0.1, -0.05) is 38.2 Å². The van der Waals surface area contributed by atoms with Gasteiger partial charge in [-0.15, -0.1) is 0 Å². The van der Waals surface area contributed by atoms with Crippen molar-refractivity contribution in [2.75, 3.05) is 0 Å². The van der Waals surface area contributed by atoms with Crippen LogP contribution in [0.15, 0.2) is 41.4 Å². The van der Waals surface area contributed by atoms with Gasteiger partial charge in [0.15, 0.2) is 11.6 Å². The van der Waals surface area contributed by atoms with Crippen molar-refractivity contribution in [3.63, 3.8) is 0 Å². The zero-order chi connectivity index (χ0) is 32.0. The average molecular weight is 685 g/mol. The SMILES string of the molecule is CC(=O)c1nn(CC(=O)N2[C@H]3C[C@@]4(CCCCCCCCc5ccc(Br)nc5CC3=O)C[C@@H]24)c2cnc(-c3cnc(C)nc3)cc12. The van der Waals surface area contributed by atoms with Crippen molar-refractivity contribution in [1.82, 2.24) is 34.6 Å². The molecule has 1 aliphatic heterocycles. The van der Waals surface area contributed by atoms with Gasteiger partial charge in [-0.3, -0.25) is 24.0 Å². The molecule has 5 heterocycles. The van der Waals surface area contributed by atoms with Crippen LogP contribution in [0.1, 0.15) is 92.3 Å². The molecule has 2 aliphatic carbocycles. The number of Topliss-reactive ketones (excluding diaryl/α,β-unsaturated/α-hetero) is 2. The van der Waals surface area contributed by atoms with Crippen molar-refractivity contribution >= 4 is 44.3 Å². The first kappa shape index (κ1) is 30.8. The Morgan fingerprint density at radius 3 is 2.54 bits per heavy atom. The summed E-state index contributed by atoms with van der Waals surface area (Å²) in [6, 6.07) is 5.39. The second kappa shape index (κ2) is 12.4. The van der Waals surface area contributed by atoms with E-state index in [4.69, 9.17) is 4.98 Å². The van der Waals surface area contributed by atoms with Crippen LogP contribution in [0.3, 0.4) is 0 Å². The second-order valence-corrected chi connectivity index (χ2v) is 14.1. The van der Waals surface area contributed by atoms with Crippen LogP contribution in [0.2, 0.25) is 0 Å². The highest BCUT2D eigenvalue weighted by atomic mass is 79.9. The number of hydrogen-bond donors (Lipinski definition) is 0. The molecule has 0 radical (unpaired) electrons. The average Bonchev–Trinajstić information content (AvgIpc) is 3.45. The van der Waals surface area contributed by atoms with E-state index in [9.17, 15) is 14.4 Å². The van der Waals surface area contributed by atoms with Crippen molar-refractivity contribution in [3.8, 4) is 11.3 Å². The van der Waals surface area contributed by atoms with Crippen LogP contribution in [-0.4, -0.2) is 64.2 Å². The van der Waals surface area contributed by atoms with E-state index in [1.54, 1.807) is 29.3 Å². The molecule has 0 unspecified atom stereocenters. The molecule has 238 valence electrons.